The molecule has 0 saturated carbocycles. The summed E-state index contributed by atoms with van der Waals surface area (Å²) in [7, 11) is -3.58. The van der Waals surface area contributed by atoms with Crippen molar-refractivity contribution in [2.45, 2.75) is 24.9 Å². The summed E-state index contributed by atoms with van der Waals surface area (Å²) in [5.74, 6) is 0.139. The topological polar surface area (TPSA) is 74.8 Å². The zero-order valence-electron chi connectivity index (χ0n) is 10.9. The Labute approximate surface area is 113 Å². The molecule has 0 radical (unpaired) electrons. The van der Waals surface area contributed by atoms with E-state index in [1.807, 2.05) is 44.2 Å². The van der Waals surface area contributed by atoms with Crippen molar-refractivity contribution >= 4 is 10.0 Å². The number of rotatable bonds is 5. The van der Waals surface area contributed by atoms with Gasteiger partial charge in [0.2, 0.25) is 0 Å². The summed E-state index contributed by atoms with van der Waals surface area (Å²) in [6.07, 6.45) is 2.65. The van der Waals surface area contributed by atoms with Gasteiger partial charge in [0.15, 0.2) is 5.03 Å². The number of aromatic nitrogens is 2. The molecule has 2 aromatic rings. The van der Waals surface area contributed by atoms with Crippen LogP contribution < -0.4 is 4.72 Å². The quantitative estimate of drug-likeness (QED) is 0.880. The Bertz CT molecular complexity index is 607. The number of benzene rings is 1. The maximum Gasteiger partial charge on any atom is 0.258 e. The minimum absolute atomic E-state index is 0.0779. The highest BCUT2D eigenvalue weighted by atomic mass is 32.2. The van der Waals surface area contributed by atoms with Gasteiger partial charge in [0.05, 0.1) is 12.5 Å². The predicted octanol–water partition coefficient (Wildman–Crippen LogP) is 2.09. The Morgan fingerprint density at radius 1 is 1.21 bits per heavy atom. The maximum atomic E-state index is 12.2. The predicted molar refractivity (Wildman–Crippen MR) is 72.9 cm³/mol. The lowest BCUT2D eigenvalue weighted by atomic mass is 9.97. The van der Waals surface area contributed by atoms with E-state index in [0.29, 0.717) is 0 Å². The first-order chi connectivity index (χ1) is 9.00. The highest BCUT2D eigenvalue weighted by Crippen LogP contribution is 2.23. The van der Waals surface area contributed by atoms with E-state index in [1.165, 1.54) is 12.5 Å². The van der Waals surface area contributed by atoms with E-state index >= 15 is 0 Å². The fourth-order valence-corrected chi connectivity index (χ4v) is 3.15. The molecule has 2 rings (SSSR count). The largest absolute Gasteiger partial charge is 0.335 e. The molecule has 1 atom stereocenters. The van der Waals surface area contributed by atoms with E-state index in [4.69, 9.17) is 0 Å². The smallest absolute Gasteiger partial charge is 0.258 e. The maximum absolute atomic E-state index is 12.2. The monoisotopic (exact) mass is 279 g/mol. The highest BCUT2D eigenvalue weighted by Gasteiger charge is 2.24. The number of H-pyrrole nitrogens is 1. The first-order valence-electron chi connectivity index (χ1n) is 6.06. The van der Waals surface area contributed by atoms with Crippen molar-refractivity contribution in [2.75, 3.05) is 0 Å². The Kier molecular flexibility index (Phi) is 4.01. The minimum atomic E-state index is -3.58. The summed E-state index contributed by atoms with van der Waals surface area (Å²) in [6, 6.07) is 9.27. The van der Waals surface area contributed by atoms with Crippen LogP contribution in [0.15, 0.2) is 47.9 Å². The molecule has 0 aliphatic carbocycles. The van der Waals surface area contributed by atoms with Crippen molar-refractivity contribution in [3.05, 3.63) is 48.4 Å². The number of sulfonamides is 1. The number of hydrogen-bond acceptors (Lipinski definition) is 3. The highest BCUT2D eigenvalue weighted by molar-refractivity contribution is 7.89. The van der Waals surface area contributed by atoms with E-state index < -0.39 is 10.0 Å². The lowest BCUT2D eigenvalue weighted by Gasteiger charge is -2.22. The molecule has 5 nitrogen and oxygen atoms in total. The van der Waals surface area contributed by atoms with E-state index in [1.54, 1.807) is 0 Å². The Balaban J connectivity index is 2.28. The molecule has 0 amide bonds. The van der Waals surface area contributed by atoms with Gasteiger partial charge in [-0.05, 0) is 11.5 Å². The van der Waals surface area contributed by atoms with Gasteiger partial charge in [0.25, 0.3) is 10.0 Å². The molecule has 0 aliphatic heterocycles. The molecule has 19 heavy (non-hydrogen) atoms. The average Bonchev–Trinajstić information content (AvgIpc) is 2.91. The number of nitrogens with one attached hydrogen (secondary N) is 2. The molecule has 1 heterocycles. The van der Waals surface area contributed by atoms with E-state index in [9.17, 15) is 8.42 Å². The molecule has 1 aromatic heterocycles. The van der Waals surface area contributed by atoms with E-state index in [-0.39, 0.29) is 17.0 Å². The van der Waals surface area contributed by atoms with Gasteiger partial charge in [-0.1, -0.05) is 44.2 Å². The van der Waals surface area contributed by atoms with Crippen molar-refractivity contribution < 1.29 is 8.42 Å². The Morgan fingerprint density at radius 3 is 2.42 bits per heavy atom. The first kappa shape index (κ1) is 13.8. The summed E-state index contributed by atoms with van der Waals surface area (Å²) in [4.78, 5) is 6.35. The molecule has 1 unspecified atom stereocenters. The summed E-state index contributed by atoms with van der Waals surface area (Å²) < 4.78 is 27.1. The van der Waals surface area contributed by atoms with Gasteiger partial charge in [-0.25, -0.2) is 18.1 Å². The lowest BCUT2D eigenvalue weighted by Crippen LogP contribution is -2.32. The number of nitrogens with zero attached hydrogens (tertiary/aromatic N) is 1. The second kappa shape index (κ2) is 5.54. The van der Waals surface area contributed by atoms with Crippen LogP contribution in [0.1, 0.15) is 25.5 Å². The van der Waals surface area contributed by atoms with Crippen molar-refractivity contribution in [1.29, 1.82) is 0 Å². The molecule has 1 aromatic carbocycles. The van der Waals surface area contributed by atoms with Crippen molar-refractivity contribution in [2.24, 2.45) is 5.92 Å². The van der Waals surface area contributed by atoms with Crippen LogP contribution in [0.25, 0.3) is 0 Å². The number of hydrogen-bond donors (Lipinski definition) is 2. The third-order valence-corrected chi connectivity index (χ3v) is 4.24. The van der Waals surface area contributed by atoms with Crippen LogP contribution in [0.5, 0.6) is 0 Å². The summed E-state index contributed by atoms with van der Waals surface area (Å²) in [6.45, 7) is 3.96. The van der Waals surface area contributed by atoms with Crippen LogP contribution in [0.4, 0.5) is 0 Å². The third kappa shape index (κ3) is 3.21. The molecule has 6 heteroatoms. The minimum Gasteiger partial charge on any atom is -0.335 e. The second-order valence-electron chi connectivity index (χ2n) is 4.67. The molecule has 0 spiro atoms. The first-order valence-corrected chi connectivity index (χ1v) is 7.54. The van der Waals surface area contributed by atoms with Gasteiger partial charge in [-0.15, -0.1) is 0 Å². The standard InChI is InChI=1S/C13H17N3O2S/c1-10(2)13(11-6-4-3-5-7-11)16-19(17,18)12-8-14-9-15-12/h3-10,13,16H,1-2H3,(H,14,15). The van der Waals surface area contributed by atoms with Crippen molar-refractivity contribution in [1.82, 2.24) is 14.7 Å². The van der Waals surface area contributed by atoms with E-state index in [0.717, 1.165) is 5.56 Å². The van der Waals surface area contributed by atoms with Gasteiger partial charge in [-0.2, -0.15) is 0 Å². The number of aromatic amines is 1. The fourth-order valence-electron chi connectivity index (χ4n) is 1.87. The van der Waals surface area contributed by atoms with Gasteiger partial charge in [-0.3, -0.25) is 0 Å². The van der Waals surface area contributed by atoms with Crippen LogP contribution in [0, 0.1) is 5.92 Å². The van der Waals surface area contributed by atoms with Crippen LogP contribution in [0.2, 0.25) is 0 Å². The molecule has 0 bridgehead atoms. The molecule has 102 valence electrons. The van der Waals surface area contributed by atoms with Crippen LogP contribution in [0.3, 0.4) is 0 Å². The molecule has 0 fully saturated rings. The molecule has 0 saturated heterocycles. The van der Waals surface area contributed by atoms with Crippen LogP contribution in [-0.4, -0.2) is 18.4 Å². The molecule has 2 N–H and O–H groups in total. The fraction of sp³-hybridized carbons (Fsp3) is 0.308. The van der Waals surface area contributed by atoms with Gasteiger partial charge < -0.3 is 4.98 Å². The average molecular weight is 279 g/mol. The van der Waals surface area contributed by atoms with Crippen LogP contribution in [-0.2, 0) is 10.0 Å². The zero-order valence-corrected chi connectivity index (χ0v) is 11.7. The summed E-state index contributed by atoms with van der Waals surface area (Å²) >= 11 is 0. The zero-order chi connectivity index (χ0) is 13.9. The summed E-state index contributed by atoms with van der Waals surface area (Å²) in [5.41, 5.74) is 0.945. The normalized spacial score (nSPS) is 13.6. The van der Waals surface area contributed by atoms with Crippen LogP contribution >= 0.6 is 0 Å². The van der Waals surface area contributed by atoms with Crippen molar-refractivity contribution in [3.63, 3.8) is 0 Å². The lowest BCUT2D eigenvalue weighted by molar-refractivity contribution is 0.462. The summed E-state index contributed by atoms with van der Waals surface area (Å²) in [5, 5.41) is 0.0779. The Hall–Kier alpha value is -1.66. The van der Waals surface area contributed by atoms with E-state index in [2.05, 4.69) is 14.7 Å². The van der Waals surface area contributed by atoms with Gasteiger partial charge in [0, 0.05) is 6.04 Å². The SMILES string of the molecule is CC(C)C(NS(=O)(=O)c1cnc[nH]1)c1ccccc1. The Morgan fingerprint density at radius 2 is 1.89 bits per heavy atom. The number of imidazole rings is 1. The molecular formula is C13H17N3O2S. The van der Waals surface area contributed by atoms with Gasteiger partial charge >= 0.3 is 0 Å². The molecular weight excluding hydrogens is 262 g/mol. The van der Waals surface area contributed by atoms with Crippen molar-refractivity contribution in [3.8, 4) is 0 Å². The second-order valence-corrected chi connectivity index (χ2v) is 6.35. The van der Waals surface area contributed by atoms with Gasteiger partial charge in [0.1, 0.15) is 0 Å². The third-order valence-electron chi connectivity index (χ3n) is 2.87. The molecule has 0 aliphatic rings.